The van der Waals surface area contributed by atoms with Crippen LogP contribution in [0.4, 0.5) is 0 Å². The number of hydrogen-bond acceptors (Lipinski definition) is 3. The number of nitrogens with zero attached hydrogens (tertiary/aromatic N) is 1. The fourth-order valence-electron chi connectivity index (χ4n) is 3.44. The molecular formula is C15H25NO4. The minimum atomic E-state index is -0.760. The first-order valence-corrected chi connectivity index (χ1v) is 7.57. The number of carboxylic acid groups (broad SMARTS) is 1. The van der Waals surface area contributed by atoms with Gasteiger partial charge in [0.05, 0.1) is 12.0 Å². The number of methoxy groups -OCH3 is 1. The van der Waals surface area contributed by atoms with E-state index in [2.05, 4.69) is 6.92 Å². The summed E-state index contributed by atoms with van der Waals surface area (Å²) in [5.74, 6) is -0.619. The van der Waals surface area contributed by atoms with Gasteiger partial charge < -0.3 is 14.7 Å². The molecule has 0 aromatic rings. The Morgan fingerprint density at radius 2 is 1.90 bits per heavy atom. The molecule has 0 aromatic heterocycles. The Morgan fingerprint density at radius 1 is 1.20 bits per heavy atom. The number of carbonyl (C=O) groups excluding carboxylic acids is 1. The molecule has 2 aliphatic rings. The van der Waals surface area contributed by atoms with Gasteiger partial charge in [0.15, 0.2) is 0 Å². The van der Waals surface area contributed by atoms with Crippen LogP contribution < -0.4 is 0 Å². The third-order valence-corrected chi connectivity index (χ3v) is 4.88. The topological polar surface area (TPSA) is 66.8 Å². The highest BCUT2D eigenvalue weighted by Gasteiger charge is 2.36. The van der Waals surface area contributed by atoms with Crippen molar-refractivity contribution in [1.82, 2.24) is 4.90 Å². The number of rotatable bonds is 3. The number of likely N-dealkylation sites (tertiary alicyclic amines) is 1. The maximum absolute atomic E-state index is 12.6. The number of amides is 1. The lowest BCUT2D eigenvalue weighted by Crippen LogP contribution is -2.49. The van der Waals surface area contributed by atoms with E-state index in [0.29, 0.717) is 25.3 Å². The van der Waals surface area contributed by atoms with E-state index in [1.165, 1.54) is 0 Å². The lowest BCUT2D eigenvalue weighted by atomic mass is 9.80. The Hall–Kier alpha value is -1.10. The van der Waals surface area contributed by atoms with Crippen LogP contribution in [-0.4, -0.2) is 48.2 Å². The van der Waals surface area contributed by atoms with Crippen molar-refractivity contribution in [3.63, 3.8) is 0 Å². The van der Waals surface area contributed by atoms with E-state index in [-0.39, 0.29) is 23.8 Å². The predicted molar refractivity (Wildman–Crippen MR) is 74.2 cm³/mol. The molecule has 1 heterocycles. The van der Waals surface area contributed by atoms with Crippen molar-refractivity contribution in [2.24, 2.45) is 17.8 Å². The van der Waals surface area contributed by atoms with E-state index in [9.17, 15) is 9.59 Å². The summed E-state index contributed by atoms with van der Waals surface area (Å²) in [4.78, 5) is 25.5. The number of carbonyl (C=O) groups is 2. The quantitative estimate of drug-likeness (QED) is 0.857. The highest BCUT2D eigenvalue weighted by Crippen LogP contribution is 2.31. The molecule has 1 aliphatic carbocycles. The van der Waals surface area contributed by atoms with Crippen molar-refractivity contribution in [1.29, 1.82) is 0 Å². The van der Waals surface area contributed by atoms with Crippen LogP contribution in [0.1, 0.15) is 39.0 Å². The molecule has 0 bridgehead atoms. The molecule has 0 aromatic carbocycles. The Balaban J connectivity index is 1.95. The van der Waals surface area contributed by atoms with Gasteiger partial charge in [-0.2, -0.15) is 0 Å². The van der Waals surface area contributed by atoms with E-state index in [1.54, 1.807) is 7.11 Å². The summed E-state index contributed by atoms with van der Waals surface area (Å²) in [6.45, 7) is 3.57. The molecule has 114 valence electrons. The van der Waals surface area contributed by atoms with Gasteiger partial charge in [-0.3, -0.25) is 9.59 Å². The summed E-state index contributed by atoms with van der Waals surface area (Å²) in [7, 11) is 1.69. The SMILES string of the molecule is COC1CN(C(=O)C2CCCC(C(=O)O)C2)CCC1C. The number of carboxylic acids is 1. The minimum Gasteiger partial charge on any atom is -0.481 e. The fraction of sp³-hybridized carbons (Fsp3) is 0.867. The molecule has 1 amide bonds. The highest BCUT2D eigenvalue weighted by molar-refractivity contribution is 5.80. The van der Waals surface area contributed by atoms with E-state index in [4.69, 9.17) is 9.84 Å². The second kappa shape index (κ2) is 6.57. The molecular weight excluding hydrogens is 258 g/mol. The molecule has 1 saturated heterocycles. The van der Waals surface area contributed by atoms with Crippen molar-refractivity contribution in [3.05, 3.63) is 0 Å². The lowest BCUT2D eigenvalue weighted by Gasteiger charge is -2.39. The summed E-state index contributed by atoms with van der Waals surface area (Å²) in [5, 5.41) is 9.12. The standard InChI is InChI=1S/C15H25NO4/c1-10-6-7-16(9-13(10)20-2)14(17)11-4-3-5-12(8-11)15(18)19/h10-13H,3-9H2,1-2H3,(H,18,19). The van der Waals surface area contributed by atoms with Gasteiger partial charge in [0.25, 0.3) is 0 Å². The summed E-state index contributed by atoms with van der Waals surface area (Å²) in [6.07, 6.45) is 3.93. The second-order valence-corrected chi connectivity index (χ2v) is 6.22. The minimum absolute atomic E-state index is 0.103. The Morgan fingerprint density at radius 3 is 2.55 bits per heavy atom. The van der Waals surface area contributed by atoms with Crippen molar-refractivity contribution in [3.8, 4) is 0 Å². The Kier molecular flexibility index (Phi) is 5.02. The van der Waals surface area contributed by atoms with E-state index in [0.717, 1.165) is 25.8 Å². The van der Waals surface area contributed by atoms with Crippen LogP contribution in [0.2, 0.25) is 0 Å². The number of piperidine rings is 1. The zero-order chi connectivity index (χ0) is 14.7. The fourth-order valence-corrected chi connectivity index (χ4v) is 3.44. The molecule has 1 saturated carbocycles. The molecule has 0 radical (unpaired) electrons. The van der Waals surface area contributed by atoms with Crippen LogP contribution in [0.3, 0.4) is 0 Å². The Bertz CT molecular complexity index is 371. The molecule has 5 heteroatoms. The summed E-state index contributed by atoms with van der Waals surface area (Å²) in [5.41, 5.74) is 0. The van der Waals surface area contributed by atoms with Crippen LogP contribution in [0, 0.1) is 17.8 Å². The van der Waals surface area contributed by atoms with Gasteiger partial charge >= 0.3 is 5.97 Å². The Labute approximate surface area is 120 Å². The molecule has 1 aliphatic heterocycles. The van der Waals surface area contributed by atoms with Gasteiger partial charge in [0, 0.05) is 26.1 Å². The van der Waals surface area contributed by atoms with Gasteiger partial charge in [-0.1, -0.05) is 13.3 Å². The maximum atomic E-state index is 12.6. The van der Waals surface area contributed by atoms with Gasteiger partial charge in [0.2, 0.25) is 5.91 Å². The zero-order valence-corrected chi connectivity index (χ0v) is 12.4. The van der Waals surface area contributed by atoms with E-state index >= 15 is 0 Å². The zero-order valence-electron chi connectivity index (χ0n) is 12.4. The molecule has 4 unspecified atom stereocenters. The maximum Gasteiger partial charge on any atom is 0.306 e. The number of aliphatic carboxylic acids is 1. The summed E-state index contributed by atoms with van der Waals surface area (Å²) in [6, 6.07) is 0. The number of hydrogen-bond donors (Lipinski definition) is 1. The molecule has 5 nitrogen and oxygen atoms in total. The van der Waals surface area contributed by atoms with Gasteiger partial charge in [0.1, 0.15) is 0 Å². The molecule has 1 N–H and O–H groups in total. The third-order valence-electron chi connectivity index (χ3n) is 4.88. The van der Waals surface area contributed by atoms with Crippen molar-refractivity contribution >= 4 is 11.9 Å². The second-order valence-electron chi connectivity index (χ2n) is 6.22. The largest absolute Gasteiger partial charge is 0.481 e. The van der Waals surface area contributed by atoms with Crippen molar-refractivity contribution < 1.29 is 19.4 Å². The van der Waals surface area contributed by atoms with E-state index < -0.39 is 5.97 Å². The predicted octanol–water partition coefficient (Wildman–Crippen LogP) is 1.76. The molecule has 20 heavy (non-hydrogen) atoms. The molecule has 4 atom stereocenters. The molecule has 2 rings (SSSR count). The van der Waals surface area contributed by atoms with Gasteiger partial charge in [-0.15, -0.1) is 0 Å². The molecule has 2 fully saturated rings. The van der Waals surface area contributed by atoms with Gasteiger partial charge in [-0.25, -0.2) is 0 Å². The van der Waals surface area contributed by atoms with Crippen LogP contribution >= 0.6 is 0 Å². The van der Waals surface area contributed by atoms with Crippen molar-refractivity contribution in [2.75, 3.05) is 20.2 Å². The van der Waals surface area contributed by atoms with E-state index in [1.807, 2.05) is 4.90 Å². The highest BCUT2D eigenvalue weighted by atomic mass is 16.5. The normalized spacial score (nSPS) is 34.8. The van der Waals surface area contributed by atoms with Crippen molar-refractivity contribution in [2.45, 2.75) is 45.1 Å². The van der Waals surface area contributed by atoms with Crippen LogP contribution in [0.15, 0.2) is 0 Å². The smallest absolute Gasteiger partial charge is 0.306 e. The summed E-state index contributed by atoms with van der Waals surface area (Å²) < 4.78 is 5.44. The average molecular weight is 283 g/mol. The van der Waals surface area contributed by atoms with Crippen LogP contribution in [0.25, 0.3) is 0 Å². The first-order chi connectivity index (χ1) is 9.52. The first kappa shape index (κ1) is 15.3. The van der Waals surface area contributed by atoms with Crippen LogP contribution in [0.5, 0.6) is 0 Å². The summed E-state index contributed by atoms with van der Waals surface area (Å²) >= 11 is 0. The third kappa shape index (κ3) is 3.32. The average Bonchev–Trinajstić information content (AvgIpc) is 2.47. The lowest BCUT2D eigenvalue weighted by molar-refractivity contribution is -0.147. The number of ether oxygens (including phenoxy) is 1. The molecule has 0 spiro atoms. The van der Waals surface area contributed by atoms with Crippen LogP contribution in [-0.2, 0) is 14.3 Å². The monoisotopic (exact) mass is 283 g/mol. The van der Waals surface area contributed by atoms with Gasteiger partial charge in [-0.05, 0) is 31.6 Å². The first-order valence-electron chi connectivity index (χ1n) is 7.57.